The molecule has 0 unspecified atom stereocenters. The van der Waals surface area contributed by atoms with Gasteiger partial charge in [-0.2, -0.15) is 4.37 Å². The number of fused-ring (bicyclic) bond motifs is 1. The Morgan fingerprint density at radius 1 is 1.24 bits per heavy atom. The van der Waals surface area contributed by atoms with Crippen LogP contribution in [0.4, 0.5) is 0 Å². The maximum atomic E-state index is 5.76. The molecule has 2 heterocycles. The van der Waals surface area contributed by atoms with E-state index < -0.39 is 0 Å². The largest absolute Gasteiger partial charge is 0.454 e. The molecule has 2 aromatic heterocycles. The molecule has 4 heteroatoms. The molecule has 2 N–H and O–H groups in total. The van der Waals surface area contributed by atoms with E-state index in [0.29, 0.717) is 6.54 Å². The van der Waals surface area contributed by atoms with E-state index in [1.807, 2.05) is 30.3 Å². The molecular weight excluding hydrogens is 232 g/mol. The Balaban J connectivity index is 2.01. The molecule has 0 aliphatic heterocycles. The Bertz CT molecular complexity index is 608. The number of rotatable bonds is 3. The van der Waals surface area contributed by atoms with Crippen LogP contribution in [0.3, 0.4) is 0 Å². The summed E-state index contributed by atoms with van der Waals surface area (Å²) >= 11 is 1.49. The normalized spacial score (nSPS) is 11.1. The molecule has 0 bridgehead atoms. The van der Waals surface area contributed by atoms with Gasteiger partial charge in [-0.25, -0.2) is 0 Å². The summed E-state index contributed by atoms with van der Waals surface area (Å²) in [5.74, 6) is 0.825. The van der Waals surface area contributed by atoms with Crippen molar-refractivity contribution >= 4 is 22.5 Å². The molecule has 0 radical (unpaired) electrons. The summed E-state index contributed by atoms with van der Waals surface area (Å²) < 4.78 is 10.2. The molecule has 0 aliphatic rings. The highest BCUT2D eigenvalue weighted by atomic mass is 32.1. The third-order valence-corrected chi connectivity index (χ3v) is 3.47. The number of para-hydroxylation sites is 1. The summed E-state index contributed by atoms with van der Waals surface area (Å²) in [5, 5.41) is 1.11. The van der Waals surface area contributed by atoms with Crippen LogP contribution in [-0.2, 0) is 6.42 Å². The van der Waals surface area contributed by atoms with Gasteiger partial charge in [-0.05, 0) is 42.7 Å². The highest BCUT2D eigenvalue weighted by molar-refractivity contribution is 7.06. The van der Waals surface area contributed by atoms with Crippen molar-refractivity contribution in [2.75, 3.05) is 6.54 Å². The van der Waals surface area contributed by atoms with Crippen molar-refractivity contribution in [3.8, 4) is 11.5 Å². The lowest BCUT2D eigenvalue weighted by Crippen LogP contribution is -2.00. The fraction of sp³-hybridized carbons (Fsp3) is 0.154. The summed E-state index contributed by atoms with van der Waals surface area (Å²) in [5.41, 5.74) is 7.32. The minimum atomic E-state index is 0.655. The Kier molecular flexibility index (Phi) is 2.66. The smallest absolute Gasteiger partial charge is 0.154 e. The van der Waals surface area contributed by atoms with Gasteiger partial charge in [0.05, 0.1) is 0 Å². The van der Waals surface area contributed by atoms with Gasteiger partial charge in [-0.15, -0.1) is 0 Å². The van der Waals surface area contributed by atoms with Crippen molar-refractivity contribution in [3.05, 3.63) is 41.3 Å². The second kappa shape index (κ2) is 4.31. The Morgan fingerprint density at radius 2 is 2.12 bits per heavy atom. The molecule has 0 amide bonds. The van der Waals surface area contributed by atoms with Crippen molar-refractivity contribution in [1.82, 2.24) is 4.37 Å². The molecule has 0 saturated carbocycles. The second-order valence-electron chi connectivity index (χ2n) is 3.87. The quantitative estimate of drug-likeness (QED) is 0.770. The van der Waals surface area contributed by atoms with E-state index in [1.54, 1.807) is 0 Å². The molecule has 3 rings (SSSR count). The molecule has 0 aliphatic carbocycles. The summed E-state index contributed by atoms with van der Waals surface area (Å²) in [7, 11) is 0. The summed E-state index contributed by atoms with van der Waals surface area (Å²) in [4.78, 5) is 1.20. The van der Waals surface area contributed by atoms with Gasteiger partial charge < -0.3 is 10.2 Å². The summed E-state index contributed by atoms with van der Waals surface area (Å²) in [6.45, 7) is 0.655. The Morgan fingerprint density at radius 3 is 2.94 bits per heavy atom. The molecule has 86 valence electrons. The molecule has 3 aromatic rings. The van der Waals surface area contributed by atoms with Gasteiger partial charge in [-0.3, -0.25) is 0 Å². The van der Waals surface area contributed by atoms with Gasteiger partial charge >= 0.3 is 0 Å². The van der Waals surface area contributed by atoms with Crippen LogP contribution in [0.15, 0.2) is 40.8 Å². The van der Waals surface area contributed by atoms with Crippen molar-refractivity contribution < 1.29 is 4.42 Å². The predicted octanol–water partition coefficient (Wildman–Crippen LogP) is 3.06. The van der Waals surface area contributed by atoms with Gasteiger partial charge in [0.15, 0.2) is 5.76 Å². The van der Waals surface area contributed by atoms with Crippen LogP contribution in [0.25, 0.3) is 22.4 Å². The number of nitrogens with zero attached hydrogens (tertiary/aromatic N) is 1. The molecule has 0 atom stereocenters. The minimum Gasteiger partial charge on any atom is -0.454 e. The first-order valence-electron chi connectivity index (χ1n) is 5.51. The third kappa shape index (κ3) is 1.97. The van der Waals surface area contributed by atoms with Crippen LogP contribution in [0, 0.1) is 0 Å². The topological polar surface area (TPSA) is 52.0 Å². The number of hydrogen-bond acceptors (Lipinski definition) is 4. The zero-order valence-corrected chi connectivity index (χ0v) is 10.0. The van der Waals surface area contributed by atoms with Crippen molar-refractivity contribution in [2.45, 2.75) is 6.42 Å². The first-order chi connectivity index (χ1) is 8.36. The van der Waals surface area contributed by atoms with E-state index in [0.717, 1.165) is 28.8 Å². The maximum absolute atomic E-state index is 5.76. The van der Waals surface area contributed by atoms with E-state index in [9.17, 15) is 0 Å². The molecule has 17 heavy (non-hydrogen) atoms. The molecule has 1 aromatic carbocycles. The van der Waals surface area contributed by atoms with E-state index >= 15 is 0 Å². The molecule has 0 spiro atoms. The number of nitrogens with two attached hydrogens (primary N) is 1. The lowest BCUT2D eigenvalue weighted by Gasteiger charge is -1.88. The van der Waals surface area contributed by atoms with Crippen LogP contribution in [0.2, 0.25) is 0 Å². The zero-order valence-electron chi connectivity index (χ0n) is 9.22. The van der Waals surface area contributed by atoms with Crippen molar-refractivity contribution in [3.63, 3.8) is 0 Å². The van der Waals surface area contributed by atoms with E-state index in [1.165, 1.54) is 16.4 Å². The SMILES string of the molecule is NCCc1cc(-c2cc3ccccc3o2)ns1. The van der Waals surface area contributed by atoms with Crippen LogP contribution in [0.5, 0.6) is 0 Å². The average molecular weight is 244 g/mol. The summed E-state index contributed by atoms with van der Waals surface area (Å²) in [6, 6.07) is 12.0. The van der Waals surface area contributed by atoms with Gasteiger partial charge in [0.25, 0.3) is 0 Å². The zero-order chi connectivity index (χ0) is 11.7. The van der Waals surface area contributed by atoms with E-state index in [-0.39, 0.29) is 0 Å². The fourth-order valence-corrected chi connectivity index (χ4v) is 2.53. The van der Waals surface area contributed by atoms with Gasteiger partial charge in [0, 0.05) is 10.3 Å². The van der Waals surface area contributed by atoms with E-state index in [4.69, 9.17) is 10.2 Å². The van der Waals surface area contributed by atoms with Crippen molar-refractivity contribution in [1.29, 1.82) is 0 Å². The molecule has 0 saturated heterocycles. The fourth-order valence-electron chi connectivity index (χ4n) is 1.80. The molecular formula is C13H12N2OS. The van der Waals surface area contributed by atoms with Gasteiger partial charge in [0.2, 0.25) is 0 Å². The maximum Gasteiger partial charge on any atom is 0.154 e. The highest BCUT2D eigenvalue weighted by Crippen LogP contribution is 2.28. The first kappa shape index (κ1) is 10.5. The Hall–Kier alpha value is -1.65. The monoisotopic (exact) mass is 244 g/mol. The van der Waals surface area contributed by atoms with Crippen LogP contribution in [-0.4, -0.2) is 10.9 Å². The molecule has 3 nitrogen and oxygen atoms in total. The molecule has 0 fully saturated rings. The lowest BCUT2D eigenvalue weighted by atomic mass is 10.2. The minimum absolute atomic E-state index is 0.655. The lowest BCUT2D eigenvalue weighted by molar-refractivity contribution is 0.629. The number of hydrogen-bond donors (Lipinski definition) is 1. The number of benzene rings is 1. The first-order valence-corrected chi connectivity index (χ1v) is 6.29. The summed E-state index contributed by atoms with van der Waals surface area (Å²) in [6.07, 6.45) is 0.873. The van der Waals surface area contributed by atoms with Crippen LogP contribution in [0.1, 0.15) is 4.88 Å². The van der Waals surface area contributed by atoms with Gasteiger partial charge in [0.1, 0.15) is 11.3 Å². The number of furan rings is 1. The van der Waals surface area contributed by atoms with Crippen LogP contribution >= 0.6 is 11.5 Å². The number of aromatic nitrogens is 1. The standard InChI is InChI=1S/C13H12N2OS/c14-6-5-10-8-11(15-17-10)13-7-9-3-1-2-4-12(9)16-13/h1-4,7-8H,5-6,14H2. The third-order valence-electron chi connectivity index (χ3n) is 2.63. The second-order valence-corrected chi connectivity index (χ2v) is 4.76. The Labute approximate surface area is 103 Å². The van der Waals surface area contributed by atoms with E-state index in [2.05, 4.69) is 10.4 Å². The average Bonchev–Trinajstić information content (AvgIpc) is 2.94. The van der Waals surface area contributed by atoms with Gasteiger partial charge in [-0.1, -0.05) is 18.2 Å². The highest BCUT2D eigenvalue weighted by Gasteiger charge is 2.09. The predicted molar refractivity (Wildman–Crippen MR) is 70.1 cm³/mol. The van der Waals surface area contributed by atoms with Crippen LogP contribution < -0.4 is 5.73 Å². The van der Waals surface area contributed by atoms with Crippen molar-refractivity contribution in [2.24, 2.45) is 5.73 Å².